The number of halogens is 2. The summed E-state index contributed by atoms with van der Waals surface area (Å²) in [6, 6.07) is 0. The second-order valence-electron chi connectivity index (χ2n) is 3.69. The molecular weight excluding hydrogens is 289 g/mol. The van der Waals surface area contributed by atoms with Crippen molar-refractivity contribution in [2.24, 2.45) is 5.92 Å². The van der Waals surface area contributed by atoms with E-state index in [4.69, 9.17) is 11.6 Å². The molecule has 0 aliphatic heterocycles. The summed E-state index contributed by atoms with van der Waals surface area (Å²) >= 11 is 9.72. The third kappa shape index (κ3) is 3.91. The van der Waals surface area contributed by atoms with Crippen molar-refractivity contribution >= 4 is 33.3 Å². The average Bonchev–Trinajstić information content (AvgIpc) is 2.29. The van der Waals surface area contributed by atoms with Crippen molar-refractivity contribution in [1.82, 2.24) is 9.97 Å². The van der Waals surface area contributed by atoms with Gasteiger partial charge in [-0.25, -0.2) is 9.97 Å². The summed E-state index contributed by atoms with van der Waals surface area (Å²) in [5.41, 5.74) is 0. The third-order valence-electron chi connectivity index (χ3n) is 2.69. The van der Waals surface area contributed by atoms with Crippen LogP contribution >= 0.6 is 27.5 Å². The van der Waals surface area contributed by atoms with Gasteiger partial charge in [0.25, 0.3) is 0 Å². The molecule has 0 bridgehead atoms. The highest BCUT2D eigenvalue weighted by atomic mass is 79.9. The van der Waals surface area contributed by atoms with E-state index in [1.165, 1.54) is 6.33 Å². The van der Waals surface area contributed by atoms with Crippen molar-refractivity contribution in [2.45, 2.75) is 32.1 Å². The van der Waals surface area contributed by atoms with Gasteiger partial charge in [0.1, 0.15) is 12.1 Å². The van der Waals surface area contributed by atoms with Crippen LogP contribution in [0.15, 0.2) is 17.0 Å². The minimum atomic E-state index is 0.136. The van der Waals surface area contributed by atoms with Crippen LogP contribution < -0.4 is 5.32 Å². The van der Waals surface area contributed by atoms with E-state index in [9.17, 15) is 0 Å². The molecule has 1 aromatic rings. The Bertz CT molecular complexity index is 318. The number of alkyl halides is 1. The molecule has 5 heteroatoms. The molecule has 0 aliphatic rings. The van der Waals surface area contributed by atoms with Crippen LogP contribution in [0.2, 0.25) is 0 Å². The van der Waals surface area contributed by atoms with Gasteiger partial charge in [0, 0.05) is 12.7 Å². The Morgan fingerprint density at radius 3 is 2.69 bits per heavy atom. The zero-order valence-corrected chi connectivity index (χ0v) is 11.9. The van der Waals surface area contributed by atoms with E-state index in [2.05, 4.69) is 45.1 Å². The number of rotatable bonds is 6. The van der Waals surface area contributed by atoms with E-state index < -0.39 is 0 Å². The van der Waals surface area contributed by atoms with Crippen LogP contribution in [0.1, 0.15) is 26.7 Å². The number of aromatic nitrogens is 2. The number of hydrogen-bond donors (Lipinski definition) is 1. The van der Waals surface area contributed by atoms with Crippen LogP contribution in [-0.2, 0) is 0 Å². The Kier molecular flexibility index (Phi) is 6.06. The molecular formula is C11H17BrClN3. The molecule has 90 valence electrons. The number of nitrogens with one attached hydrogen (secondary N) is 1. The summed E-state index contributed by atoms with van der Waals surface area (Å²) in [5, 5.41) is 3.37. The predicted octanol–water partition coefficient (Wildman–Crippen LogP) is 3.69. The van der Waals surface area contributed by atoms with Crippen molar-refractivity contribution < 1.29 is 0 Å². The minimum Gasteiger partial charge on any atom is -0.368 e. The highest BCUT2D eigenvalue weighted by Gasteiger charge is 2.15. The molecule has 1 aromatic heterocycles. The number of hydrogen-bond acceptors (Lipinski definition) is 3. The summed E-state index contributed by atoms with van der Waals surface area (Å²) in [6.07, 6.45) is 5.46. The quantitative estimate of drug-likeness (QED) is 0.814. The van der Waals surface area contributed by atoms with Gasteiger partial charge in [0.2, 0.25) is 0 Å². The maximum atomic E-state index is 6.33. The van der Waals surface area contributed by atoms with Gasteiger partial charge in [-0.15, -0.1) is 11.6 Å². The van der Waals surface area contributed by atoms with E-state index in [1.807, 2.05) is 0 Å². The molecule has 0 radical (unpaired) electrons. The molecule has 16 heavy (non-hydrogen) atoms. The fourth-order valence-corrected chi connectivity index (χ4v) is 2.40. The third-order valence-corrected chi connectivity index (χ3v) is 3.78. The standard InChI is InChI=1S/C11H17BrClN3/c1-3-8(4-2)10(13)6-15-11-9(12)5-14-7-16-11/h5,7-8,10H,3-4,6H2,1-2H3,(H,14,15,16). The Morgan fingerprint density at radius 1 is 1.44 bits per heavy atom. The Balaban J connectivity index is 2.48. The topological polar surface area (TPSA) is 37.8 Å². The maximum Gasteiger partial charge on any atom is 0.143 e. The Morgan fingerprint density at radius 2 is 2.12 bits per heavy atom. The second-order valence-corrected chi connectivity index (χ2v) is 5.11. The van der Waals surface area contributed by atoms with E-state index in [0.29, 0.717) is 5.92 Å². The molecule has 0 spiro atoms. The lowest BCUT2D eigenvalue weighted by atomic mass is 9.99. The van der Waals surface area contributed by atoms with Crippen molar-refractivity contribution in [1.29, 1.82) is 0 Å². The van der Waals surface area contributed by atoms with E-state index in [0.717, 1.165) is 29.7 Å². The molecule has 0 aliphatic carbocycles. The molecule has 1 heterocycles. The SMILES string of the molecule is CCC(CC)C(Cl)CNc1ncncc1Br. The maximum absolute atomic E-state index is 6.33. The van der Waals surface area contributed by atoms with E-state index >= 15 is 0 Å². The van der Waals surface area contributed by atoms with Crippen LogP contribution in [0.3, 0.4) is 0 Å². The van der Waals surface area contributed by atoms with Gasteiger partial charge in [0.05, 0.1) is 9.85 Å². The molecule has 1 unspecified atom stereocenters. The molecule has 1 rings (SSSR count). The van der Waals surface area contributed by atoms with Crippen LogP contribution in [0, 0.1) is 5.92 Å². The summed E-state index contributed by atoms with van der Waals surface area (Å²) in [6.45, 7) is 5.07. The van der Waals surface area contributed by atoms with Gasteiger partial charge in [-0.3, -0.25) is 0 Å². The highest BCUT2D eigenvalue weighted by molar-refractivity contribution is 9.10. The highest BCUT2D eigenvalue weighted by Crippen LogP contribution is 2.21. The molecule has 1 N–H and O–H groups in total. The largest absolute Gasteiger partial charge is 0.368 e. The first-order chi connectivity index (χ1) is 7.69. The summed E-state index contributed by atoms with van der Waals surface area (Å²) in [7, 11) is 0. The summed E-state index contributed by atoms with van der Waals surface area (Å²) in [4.78, 5) is 8.04. The number of nitrogens with zero attached hydrogens (tertiary/aromatic N) is 2. The summed E-state index contributed by atoms with van der Waals surface area (Å²) < 4.78 is 0.864. The smallest absolute Gasteiger partial charge is 0.143 e. The fraction of sp³-hybridized carbons (Fsp3) is 0.636. The fourth-order valence-electron chi connectivity index (χ4n) is 1.60. The minimum absolute atomic E-state index is 0.136. The van der Waals surface area contributed by atoms with Gasteiger partial charge in [-0.05, 0) is 21.8 Å². The Labute approximate surface area is 110 Å². The lowest BCUT2D eigenvalue weighted by molar-refractivity contribution is 0.475. The monoisotopic (exact) mass is 305 g/mol. The Hall–Kier alpha value is -0.350. The van der Waals surface area contributed by atoms with Gasteiger partial charge in [-0.1, -0.05) is 26.7 Å². The average molecular weight is 307 g/mol. The lowest BCUT2D eigenvalue weighted by Gasteiger charge is -2.19. The molecule has 0 saturated heterocycles. The van der Waals surface area contributed by atoms with Gasteiger partial charge < -0.3 is 5.32 Å². The number of anilines is 1. The molecule has 0 amide bonds. The van der Waals surface area contributed by atoms with Crippen LogP contribution in [0.5, 0.6) is 0 Å². The zero-order chi connectivity index (χ0) is 12.0. The first-order valence-corrected chi connectivity index (χ1v) is 6.75. The normalized spacial score (nSPS) is 12.8. The predicted molar refractivity (Wildman–Crippen MR) is 71.9 cm³/mol. The van der Waals surface area contributed by atoms with Crippen LogP contribution in [-0.4, -0.2) is 21.9 Å². The van der Waals surface area contributed by atoms with Crippen LogP contribution in [0.25, 0.3) is 0 Å². The van der Waals surface area contributed by atoms with Crippen LogP contribution in [0.4, 0.5) is 5.82 Å². The van der Waals surface area contributed by atoms with Crippen molar-refractivity contribution in [3.63, 3.8) is 0 Å². The first kappa shape index (κ1) is 13.7. The van der Waals surface area contributed by atoms with Crippen molar-refractivity contribution in [3.05, 3.63) is 17.0 Å². The van der Waals surface area contributed by atoms with E-state index in [-0.39, 0.29) is 5.38 Å². The molecule has 0 fully saturated rings. The molecule has 1 atom stereocenters. The van der Waals surface area contributed by atoms with E-state index in [1.54, 1.807) is 6.20 Å². The first-order valence-electron chi connectivity index (χ1n) is 5.52. The zero-order valence-electron chi connectivity index (χ0n) is 9.58. The lowest BCUT2D eigenvalue weighted by Crippen LogP contribution is -2.23. The van der Waals surface area contributed by atoms with Gasteiger partial charge in [0.15, 0.2) is 0 Å². The molecule has 0 aromatic carbocycles. The summed E-state index contributed by atoms with van der Waals surface area (Å²) in [5.74, 6) is 1.35. The molecule has 3 nitrogen and oxygen atoms in total. The second kappa shape index (κ2) is 7.07. The van der Waals surface area contributed by atoms with Crippen molar-refractivity contribution in [2.75, 3.05) is 11.9 Å². The molecule has 0 saturated carbocycles. The van der Waals surface area contributed by atoms with Gasteiger partial charge in [-0.2, -0.15) is 0 Å². The van der Waals surface area contributed by atoms with Gasteiger partial charge >= 0.3 is 0 Å². The van der Waals surface area contributed by atoms with Crippen molar-refractivity contribution in [3.8, 4) is 0 Å².